The Kier molecular flexibility index (Phi) is 6.59. The fraction of sp³-hybridized carbons (Fsp3) is 0.250. The highest BCUT2D eigenvalue weighted by Crippen LogP contribution is 2.26. The third kappa shape index (κ3) is 4.85. The van der Waals surface area contributed by atoms with E-state index < -0.39 is 0 Å². The van der Waals surface area contributed by atoms with Crippen LogP contribution < -0.4 is 10.2 Å². The van der Waals surface area contributed by atoms with Gasteiger partial charge < -0.3 is 14.8 Å². The molecule has 0 aliphatic carbocycles. The molecule has 1 aromatic heterocycles. The number of hydrogen-bond donors (Lipinski definition) is 1. The summed E-state index contributed by atoms with van der Waals surface area (Å²) < 4.78 is 2.02. The number of carbonyl (C=O) groups excluding carboxylic acids is 1. The number of carbonyl (C=O) groups is 1. The van der Waals surface area contributed by atoms with Crippen molar-refractivity contribution in [2.45, 2.75) is 18.6 Å². The van der Waals surface area contributed by atoms with Crippen molar-refractivity contribution in [3.8, 4) is 11.4 Å². The van der Waals surface area contributed by atoms with Gasteiger partial charge in [0.15, 0.2) is 11.0 Å². The smallest absolute Gasteiger partial charge is 0.234 e. The van der Waals surface area contributed by atoms with E-state index in [1.165, 1.54) is 11.8 Å². The van der Waals surface area contributed by atoms with Gasteiger partial charge in [-0.1, -0.05) is 41.6 Å². The Bertz CT molecular complexity index is 973. The zero-order valence-corrected chi connectivity index (χ0v) is 17.6. The van der Waals surface area contributed by atoms with Crippen molar-refractivity contribution in [3.05, 3.63) is 53.6 Å². The van der Waals surface area contributed by atoms with Crippen LogP contribution in [0.4, 0.5) is 11.4 Å². The molecule has 3 aromatic rings. The minimum absolute atomic E-state index is 0.117. The Morgan fingerprint density at radius 1 is 1.18 bits per heavy atom. The van der Waals surface area contributed by atoms with Crippen molar-refractivity contribution in [3.63, 3.8) is 0 Å². The first-order valence-corrected chi connectivity index (χ1v) is 10.2. The Labute approximate surface area is 173 Å². The first kappa shape index (κ1) is 20.2. The van der Waals surface area contributed by atoms with Gasteiger partial charge in [0, 0.05) is 42.6 Å². The molecule has 0 radical (unpaired) electrons. The van der Waals surface area contributed by atoms with Gasteiger partial charge in [0.2, 0.25) is 5.91 Å². The number of nitrogens with zero attached hydrogens (tertiary/aromatic N) is 4. The van der Waals surface area contributed by atoms with Gasteiger partial charge in [-0.25, -0.2) is 0 Å². The molecule has 0 aliphatic heterocycles. The molecule has 0 saturated carbocycles. The first-order chi connectivity index (χ1) is 13.5. The van der Waals surface area contributed by atoms with E-state index in [9.17, 15) is 4.79 Å². The zero-order valence-electron chi connectivity index (χ0n) is 16.0. The molecule has 0 fully saturated rings. The molecule has 0 saturated heterocycles. The maximum absolute atomic E-state index is 12.3. The second kappa shape index (κ2) is 9.12. The molecular weight excluding hydrogens is 394 g/mol. The van der Waals surface area contributed by atoms with Crippen molar-refractivity contribution in [2.75, 3.05) is 30.1 Å². The number of benzene rings is 2. The average Bonchev–Trinajstić information content (AvgIpc) is 3.09. The van der Waals surface area contributed by atoms with Crippen LogP contribution in [0.5, 0.6) is 0 Å². The molecular formula is C20H22ClN5OS. The maximum Gasteiger partial charge on any atom is 0.234 e. The van der Waals surface area contributed by atoms with E-state index in [0.29, 0.717) is 22.4 Å². The Morgan fingerprint density at radius 3 is 2.68 bits per heavy atom. The van der Waals surface area contributed by atoms with Crippen LogP contribution in [0.25, 0.3) is 11.4 Å². The Morgan fingerprint density at radius 2 is 1.96 bits per heavy atom. The summed E-state index contributed by atoms with van der Waals surface area (Å²) in [6.45, 7) is 2.76. The maximum atomic E-state index is 12.3. The summed E-state index contributed by atoms with van der Waals surface area (Å²) in [6, 6.07) is 15.2. The topological polar surface area (TPSA) is 63.1 Å². The van der Waals surface area contributed by atoms with E-state index in [-0.39, 0.29) is 11.7 Å². The van der Waals surface area contributed by atoms with Crippen molar-refractivity contribution in [1.29, 1.82) is 0 Å². The Hall–Kier alpha value is -2.51. The van der Waals surface area contributed by atoms with Crippen LogP contribution >= 0.6 is 23.4 Å². The molecule has 3 rings (SSSR count). The number of thioether (sulfide) groups is 1. The van der Waals surface area contributed by atoms with Crippen molar-refractivity contribution in [2.24, 2.45) is 0 Å². The van der Waals surface area contributed by atoms with Crippen molar-refractivity contribution < 1.29 is 4.79 Å². The summed E-state index contributed by atoms with van der Waals surface area (Å²) in [7, 11) is 4.01. The van der Waals surface area contributed by atoms with Crippen LogP contribution in [0.1, 0.15) is 6.92 Å². The van der Waals surface area contributed by atoms with Gasteiger partial charge in [0.25, 0.3) is 0 Å². The second-order valence-corrected chi connectivity index (χ2v) is 7.72. The molecule has 0 spiro atoms. The molecule has 0 bridgehead atoms. The second-order valence-electron chi connectivity index (χ2n) is 6.34. The molecule has 0 aliphatic rings. The van der Waals surface area contributed by atoms with Crippen LogP contribution in [0.15, 0.2) is 53.7 Å². The molecule has 0 atom stereocenters. The molecule has 1 N–H and O–H groups in total. The summed E-state index contributed by atoms with van der Waals surface area (Å²) in [5.74, 6) is 0.917. The normalized spacial score (nSPS) is 10.7. The largest absolute Gasteiger partial charge is 0.378 e. The van der Waals surface area contributed by atoms with Gasteiger partial charge in [-0.15, -0.1) is 10.2 Å². The number of aromatic nitrogens is 3. The van der Waals surface area contributed by atoms with Crippen molar-refractivity contribution >= 4 is 40.6 Å². The minimum Gasteiger partial charge on any atom is -0.378 e. The number of hydrogen-bond acceptors (Lipinski definition) is 5. The predicted octanol–water partition coefficient (Wildman–Crippen LogP) is 4.42. The number of anilines is 2. The fourth-order valence-electron chi connectivity index (χ4n) is 2.71. The monoisotopic (exact) mass is 415 g/mol. The fourth-order valence-corrected chi connectivity index (χ4v) is 3.70. The Balaban J connectivity index is 1.72. The van der Waals surface area contributed by atoms with E-state index in [2.05, 4.69) is 21.6 Å². The van der Waals surface area contributed by atoms with Gasteiger partial charge in [0.1, 0.15) is 0 Å². The van der Waals surface area contributed by atoms with Gasteiger partial charge in [-0.2, -0.15) is 0 Å². The molecule has 6 nitrogen and oxygen atoms in total. The lowest BCUT2D eigenvalue weighted by molar-refractivity contribution is -0.113. The summed E-state index contributed by atoms with van der Waals surface area (Å²) >= 11 is 7.31. The summed E-state index contributed by atoms with van der Waals surface area (Å²) in [5, 5.41) is 12.8. The summed E-state index contributed by atoms with van der Waals surface area (Å²) in [6.07, 6.45) is 0. The third-order valence-electron chi connectivity index (χ3n) is 4.09. The molecule has 0 unspecified atom stereocenters. The first-order valence-electron chi connectivity index (χ1n) is 8.87. The van der Waals surface area contributed by atoms with E-state index in [0.717, 1.165) is 17.1 Å². The van der Waals surface area contributed by atoms with Gasteiger partial charge in [-0.3, -0.25) is 4.79 Å². The van der Waals surface area contributed by atoms with Crippen LogP contribution in [-0.2, 0) is 11.3 Å². The number of rotatable bonds is 7. The lowest BCUT2D eigenvalue weighted by Crippen LogP contribution is -2.14. The lowest BCUT2D eigenvalue weighted by Gasteiger charge is -2.14. The minimum atomic E-state index is -0.117. The van der Waals surface area contributed by atoms with E-state index in [1.807, 2.05) is 48.7 Å². The number of amides is 1. The molecule has 1 heterocycles. The van der Waals surface area contributed by atoms with E-state index in [1.54, 1.807) is 24.3 Å². The molecule has 8 heteroatoms. The van der Waals surface area contributed by atoms with Crippen molar-refractivity contribution in [1.82, 2.24) is 14.8 Å². The zero-order chi connectivity index (χ0) is 20.1. The third-order valence-corrected chi connectivity index (χ3v) is 5.30. The highest BCUT2D eigenvalue weighted by Gasteiger charge is 2.15. The summed E-state index contributed by atoms with van der Waals surface area (Å²) in [5.41, 5.74) is 2.77. The van der Waals surface area contributed by atoms with Crippen LogP contribution in [0.2, 0.25) is 5.02 Å². The molecule has 28 heavy (non-hydrogen) atoms. The predicted molar refractivity (Wildman–Crippen MR) is 116 cm³/mol. The molecule has 146 valence electrons. The SMILES string of the molecule is CCn1c(SCC(=O)Nc2cccc(Cl)c2)nnc1-c1cccc(N(C)C)c1. The lowest BCUT2D eigenvalue weighted by atomic mass is 10.2. The van der Waals surface area contributed by atoms with E-state index in [4.69, 9.17) is 11.6 Å². The van der Waals surface area contributed by atoms with Gasteiger partial charge in [-0.05, 0) is 37.3 Å². The van der Waals surface area contributed by atoms with E-state index >= 15 is 0 Å². The number of nitrogens with one attached hydrogen (secondary N) is 1. The van der Waals surface area contributed by atoms with Crippen LogP contribution in [0, 0.1) is 0 Å². The van der Waals surface area contributed by atoms with Crippen LogP contribution in [-0.4, -0.2) is 40.5 Å². The highest BCUT2D eigenvalue weighted by atomic mass is 35.5. The quantitative estimate of drug-likeness (QED) is 0.579. The van der Waals surface area contributed by atoms with Gasteiger partial charge in [0.05, 0.1) is 5.75 Å². The van der Waals surface area contributed by atoms with Gasteiger partial charge >= 0.3 is 0 Å². The standard InChI is InChI=1S/C20H22ClN5OS/c1-4-26-19(14-7-5-10-17(11-14)25(2)3)23-24-20(26)28-13-18(27)22-16-9-6-8-15(21)12-16/h5-12H,4,13H2,1-3H3,(H,22,27). The number of halogens is 1. The van der Waals surface area contributed by atoms with Crippen LogP contribution in [0.3, 0.4) is 0 Å². The average molecular weight is 416 g/mol. The highest BCUT2D eigenvalue weighted by molar-refractivity contribution is 7.99. The molecule has 1 amide bonds. The molecule has 2 aromatic carbocycles. The summed E-state index contributed by atoms with van der Waals surface area (Å²) in [4.78, 5) is 14.3.